The molecule has 0 radical (unpaired) electrons. The van der Waals surface area contributed by atoms with Gasteiger partial charge in [0.2, 0.25) is 5.88 Å². The van der Waals surface area contributed by atoms with Gasteiger partial charge in [-0.25, -0.2) is 18.2 Å². The van der Waals surface area contributed by atoms with Crippen LogP contribution >= 0.6 is 0 Å². The van der Waals surface area contributed by atoms with Gasteiger partial charge in [-0.2, -0.15) is 5.10 Å². The fourth-order valence-corrected chi connectivity index (χ4v) is 4.36. The fraction of sp³-hybridized carbons (Fsp3) is 0.333. The van der Waals surface area contributed by atoms with Crippen LogP contribution in [0, 0.1) is 5.92 Å². The average molecular weight is 453 g/mol. The van der Waals surface area contributed by atoms with E-state index >= 15 is 0 Å². The van der Waals surface area contributed by atoms with Gasteiger partial charge in [0.15, 0.2) is 0 Å². The van der Waals surface area contributed by atoms with Gasteiger partial charge in [0, 0.05) is 40.9 Å². The lowest BCUT2D eigenvalue weighted by molar-refractivity contribution is 0.146. The summed E-state index contributed by atoms with van der Waals surface area (Å²) in [5, 5.41) is 13.4. The number of hydrogen-bond acceptors (Lipinski definition) is 5. The summed E-state index contributed by atoms with van der Waals surface area (Å²) in [7, 11) is 1.51. The lowest BCUT2D eigenvalue weighted by Crippen LogP contribution is -2.08. The highest BCUT2D eigenvalue weighted by atomic mass is 19.3. The van der Waals surface area contributed by atoms with E-state index < -0.39 is 12.6 Å². The van der Waals surface area contributed by atoms with Crippen LogP contribution in [0.4, 0.5) is 13.2 Å². The van der Waals surface area contributed by atoms with Gasteiger partial charge in [0.25, 0.3) is 6.43 Å². The molecule has 1 aromatic carbocycles. The zero-order valence-corrected chi connectivity index (χ0v) is 18.0. The molecule has 0 N–H and O–H groups in total. The molecule has 1 aliphatic carbocycles. The highest BCUT2D eigenvalue weighted by Crippen LogP contribution is 2.35. The smallest absolute Gasteiger partial charge is 0.280 e. The number of nitrogens with zero attached hydrogens (tertiary/aromatic N) is 5. The van der Waals surface area contributed by atoms with Crippen LogP contribution in [0.15, 0.2) is 48.8 Å². The number of ether oxygens (including phenoxy) is 1. The second-order valence-electron chi connectivity index (χ2n) is 8.32. The molecule has 0 spiro atoms. The van der Waals surface area contributed by atoms with Gasteiger partial charge in [-0.1, -0.05) is 18.2 Å². The summed E-state index contributed by atoms with van der Waals surface area (Å²) in [6, 6.07) is 10.1. The molecule has 0 aliphatic heterocycles. The minimum Gasteiger partial charge on any atom is -0.480 e. The molecule has 1 fully saturated rings. The van der Waals surface area contributed by atoms with Gasteiger partial charge in [0.1, 0.15) is 11.9 Å². The maximum atomic E-state index is 13.5. The first kappa shape index (κ1) is 21.4. The van der Waals surface area contributed by atoms with Crippen molar-refractivity contribution in [2.75, 3.05) is 7.11 Å². The van der Waals surface area contributed by atoms with Gasteiger partial charge < -0.3 is 4.74 Å². The Bertz CT molecular complexity index is 1290. The van der Waals surface area contributed by atoms with Crippen molar-refractivity contribution in [1.29, 1.82) is 0 Å². The van der Waals surface area contributed by atoms with Crippen LogP contribution in [0.2, 0.25) is 0 Å². The van der Waals surface area contributed by atoms with Crippen LogP contribution in [0.3, 0.4) is 0 Å². The summed E-state index contributed by atoms with van der Waals surface area (Å²) >= 11 is 0. The van der Waals surface area contributed by atoms with E-state index in [2.05, 4.69) is 20.3 Å². The number of benzene rings is 1. The lowest BCUT2D eigenvalue weighted by Gasteiger charge is -2.11. The van der Waals surface area contributed by atoms with Crippen molar-refractivity contribution in [3.8, 4) is 28.3 Å². The Hall–Kier alpha value is -3.49. The molecule has 2 atom stereocenters. The minimum atomic E-state index is -2.69. The largest absolute Gasteiger partial charge is 0.480 e. The molecule has 9 heteroatoms. The highest BCUT2D eigenvalue weighted by Gasteiger charge is 2.25. The zero-order valence-electron chi connectivity index (χ0n) is 18.0. The summed E-state index contributed by atoms with van der Waals surface area (Å²) in [6.45, 7) is 0.631. The molecule has 0 unspecified atom stereocenters. The van der Waals surface area contributed by atoms with Crippen molar-refractivity contribution in [1.82, 2.24) is 25.0 Å². The van der Waals surface area contributed by atoms with Crippen LogP contribution in [0.1, 0.15) is 31.4 Å². The van der Waals surface area contributed by atoms with Gasteiger partial charge in [-0.3, -0.25) is 4.68 Å². The van der Waals surface area contributed by atoms with Gasteiger partial charge in [0.05, 0.1) is 24.5 Å². The molecule has 33 heavy (non-hydrogen) atoms. The summed E-state index contributed by atoms with van der Waals surface area (Å²) in [5.41, 5.74) is 2.79. The third-order valence-corrected chi connectivity index (χ3v) is 6.06. The number of pyridine rings is 1. The quantitative estimate of drug-likeness (QED) is 0.378. The Balaban J connectivity index is 1.53. The predicted octanol–water partition coefficient (Wildman–Crippen LogP) is 5.64. The number of aromatic nitrogens is 5. The Morgan fingerprint density at radius 2 is 1.97 bits per heavy atom. The molecular weight excluding hydrogens is 431 g/mol. The van der Waals surface area contributed by atoms with Crippen LogP contribution in [-0.4, -0.2) is 38.2 Å². The molecule has 0 amide bonds. The molecule has 5 rings (SSSR count). The number of methoxy groups -OCH3 is 1. The SMILES string of the molecule is COc1cc2ccc(-c3nc(C(F)F)ccc3-c3cnn(C[C@@H]4CC[C@@H](F)C4)c3)cc2nn1. The maximum absolute atomic E-state index is 13.5. The van der Waals surface area contributed by atoms with E-state index in [9.17, 15) is 13.2 Å². The van der Waals surface area contributed by atoms with Crippen molar-refractivity contribution >= 4 is 10.9 Å². The summed E-state index contributed by atoms with van der Waals surface area (Å²) in [4.78, 5) is 4.27. The van der Waals surface area contributed by atoms with Gasteiger partial charge in [-0.15, -0.1) is 10.2 Å². The standard InChI is InChI=1S/C24H22F3N5O/c1-33-22-10-15-3-4-16(9-21(15)30-31-22)23-19(6-7-20(29-23)24(26)27)17-11-28-32(13-17)12-14-2-5-18(25)8-14/h3-4,6-7,9-11,13-14,18,24H,2,5,8,12H2,1H3/t14-,18-/m1/s1. The molecule has 1 saturated carbocycles. The van der Waals surface area contributed by atoms with E-state index in [0.717, 1.165) is 17.4 Å². The number of alkyl halides is 3. The van der Waals surface area contributed by atoms with Crippen LogP contribution in [-0.2, 0) is 6.54 Å². The molecule has 0 bridgehead atoms. The van der Waals surface area contributed by atoms with E-state index in [1.165, 1.54) is 13.2 Å². The first-order valence-corrected chi connectivity index (χ1v) is 10.8. The molecule has 3 heterocycles. The Labute approximate surface area is 188 Å². The average Bonchev–Trinajstić information content (AvgIpc) is 3.46. The first-order valence-electron chi connectivity index (χ1n) is 10.8. The summed E-state index contributed by atoms with van der Waals surface area (Å²) in [6.07, 6.45) is 2.11. The third kappa shape index (κ3) is 4.40. The first-order chi connectivity index (χ1) is 16.0. The molecule has 170 valence electrons. The molecule has 1 aliphatic rings. The third-order valence-electron chi connectivity index (χ3n) is 6.06. The highest BCUT2D eigenvalue weighted by molar-refractivity contribution is 5.88. The number of fused-ring (bicyclic) bond motifs is 1. The fourth-order valence-electron chi connectivity index (χ4n) is 4.36. The molecule has 3 aromatic heterocycles. The van der Waals surface area contributed by atoms with Crippen molar-refractivity contribution < 1.29 is 17.9 Å². The van der Waals surface area contributed by atoms with Gasteiger partial charge in [-0.05, 0) is 37.3 Å². The lowest BCUT2D eigenvalue weighted by atomic mass is 10.00. The maximum Gasteiger partial charge on any atom is 0.280 e. The van der Waals surface area contributed by atoms with Crippen LogP contribution in [0.5, 0.6) is 5.88 Å². The predicted molar refractivity (Wildman–Crippen MR) is 118 cm³/mol. The Kier molecular flexibility index (Phi) is 5.70. The van der Waals surface area contributed by atoms with E-state index in [4.69, 9.17) is 4.74 Å². The number of hydrogen-bond donors (Lipinski definition) is 0. The van der Waals surface area contributed by atoms with Crippen molar-refractivity contribution in [2.24, 2.45) is 5.92 Å². The molecule has 6 nitrogen and oxygen atoms in total. The van der Waals surface area contributed by atoms with Crippen molar-refractivity contribution in [3.63, 3.8) is 0 Å². The summed E-state index contributed by atoms with van der Waals surface area (Å²) in [5.74, 6) is 0.644. The minimum absolute atomic E-state index is 0.252. The van der Waals surface area contributed by atoms with E-state index in [-0.39, 0.29) is 11.6 Å². The molecular formula is C24H22F3N5O. The molecule has 4 aromatic rings. The summed E-state index contributed by atoms with van der Waals surface area (Å²) < 4.78 is 47.3. The monoisotopic (exact) mass is 453 g/mol. The van der Waals surface area contributed by atoms with E-state index in [0.29, 0.717) is 47.6 Å². The molecule has 0 saturated heterocycles. The Morgan fingerprint density at radius 1 is 1.09 bits per heavy atom. The van der Waals surface area contributed by atoms with E-state index in [1.54, 1.807) is 29.1 Å². The second-order valence-corrected chi connectivity index (χ2v) is 8.32. The normalized spacial score (nSPS) is 18.3. The Morgan fingerprint density at radius 3 is 2.73 bits per heavy atom. The van der Waals surface area contributed by atoms with Crippen molar-refractivity contribution in [2.45, 2.75) is 38.4 Å². The second kappa shape index (κ2) is 8.80. The number of halogens is 3. The zero-order chi connectivity index (χ0) is 22.9. The van der Waals surface area contributed by atoms with Crippen LogP contribution < -0.4 is 4.74 Å². The van der Waals surface area contributed by atoms with Crippen molar-refractivity contribution in [3.05, 3.63) is 54.5 Å². The topological polar surface area (TPSA) is 65.7 Å². The number of rotatable bonds is 6. The van der Waals surface area contributed by atoms with Crippen LogP contribution in [0.25, 0.3) is 33.3 Å². The van der Waals surface area contributed by atoms with Gasteiger partial charge >= 0.3 is 0 Å². The van der Waals surface area contributed by atoms with E-state index in [1.807, 2.05) is 18.3 Å².